The van der Waals surface area contributed by atoms with E-state index >= 15 is 0 Å². The highest BCUT2D eigenvalue weighted by atomic mass is 79.9. The molecule has 0 spiro atoms. The molecule has 2 rings (SSSR count). The quantitative estimate of drug-likeness (QED) is 0.558. The van der Waals surface area contributed by atoms with Crippen LogP contribution in [0.15, 0.2) is 18.5 Å². The number of fused-ring (bicyclic) bond motifs is 1. The minimum Gasteiger partial charge on any atom is -0.276 e. The molecule has 0 aliphatic rings. The number of aromatic nitrogens is 3. The van der Waals surface area contributed by atoms with Gasteiger partial charge in [0.05, 0.1) is 23.2 Å². The van der Waals surface area contributed by atoms with E-state index in [0.717, 1.165) is 16.6 Å². The minimum absolute atomic E-state index is 0.665. The van der Waals surface area contributed by atoms with Crippen molar-refractivity contribution in [3.05, 3.63) is 24.2 Å². The van der Waals surface area contributed by atoms with Gasteiger partial charge in [-0.25, -0.2) is 4.98 Å². The van der Waals surface area contributed by atoms with E-state index in [-0.39, 0.29) is 0 Å². The average Bonchev–Trinajstić information content (AvgIpc) is 2.61. The molecule has 0 aliphatic heterocycles. The summed E-state index contributed by atoms with van der Waals surface area (Å²) in [6.07, 6.45) is 3.50. The lowest BCUT2D eigenvalue weighted by Crippen LogP contribution is -1.81. The van der Waals surface area contributed by atoms with Crippen LogP contribution in [0.4, 0.5) is 0 Å². The molecule has 0 fully saturated rings. The van der Waals surface area contributed by atoms with Crippen molar-refractivity contribution < 1.29 is 0 Å². The zero-order valence-electron chi connectivity index (χ0n) is 6.71. The molecule has 0 unspecified atom stereocenters. The first-order valence-electron chi connectivity index (χ1n) is 3.74. The van der Waals surface area contributed by atoms with Crippen LogP contribution in [0.1, 0.15) is 5.69 Å². The Morgan fingerprint density at radius 1 is 1.46 bits per heavy atom. The fraction of sp³-hybridized carbons (Fsp3) is 0.111. The molecule has 2 aromatic heterocycles. The van der Waals surface area contributed by atoms with Gasteiger partial charge in [-0.1, -0.05) is 21.9 Å². The Morgan fingerprint density at radius 3 is 3.23 bits per heavy atom. The number of alkyl halides is 1. The second-order valence-corrected chi connectivity index (χ2v) is 3.02. The Bertz CT molecular complexity index is 478. The van der Waals surface area contributed by atoms with Crippen molar-refractivity contribution in [2.45, 2.75) is 0 Å². The lowest BCUT2D eigenvalue weighted by Gasteiger charge is -1.88. The lowest BCUT2D eigenvalue weighted by atomic mass is 10.3. The third-order valence-electron chi connectivity index (χ3n) is 1.61. The summed E-state index contributed by atoms with van der Waals surface area (Å²) in [5.41, 5.74) is 1.71. The Balaban J connectivity index is 2.48. The minimum atomic E-state index is 0.665. The maximum absolute atomic E-state index is 4.15. The molecule has 0 saturated carbocycles. The summed E-state index contributed by atoms with van der Waals surface area (Å²) in [7, 11) is 0. The highest BCUT2D eigenvalue weighted by Crippen LogP contribution is 2.08. The van der Waals surface area contributed by atoms with Crippen molar-refractivity contribution in [3.8, 4) is 11.8 Å². The number of rotatable bonds is 0. The van der Waals surface area contributed by atoms with Gasteiger partial charge in [-0.05, 0) is 12.0 Å². The van der Waals surface area contributed by atoms with E-state index in [2.05, 4.69) is 43.0 Å². The second-order valence-electron chi connectivity index (χ2n) is 2.46. The van der Waals surface area contributed by atoms with Crippen molar-refractivity contribution >= 4 is 26.8 Å². The molecule has 1 N–H and O–H groups in total. The summed E-state index contributed by atoms with van der Waals surface area (Å²) in [6, 6.07) is 1.91. The Morgan fingerprint density at radius 2 is 2.38 bits per heavy atom. The topological polar surface area (TPSA) is 41.6 Å². The molecule has 0 aromatic carbocycles. The monoisotopic (exact) mass is 235 g/mol. The van der Waals surface area contributed by atoms with Gasteiger partial charge in [0, 0.05) is 5.39 Å². The maximum Gasteiger partial charge on any atom is 0.113 e. The normalized spacial score (nSPS) is 9.62. The van der Waals surface area contributed by atoms with Crippen LogP contribution in [-0.4, -0.2) is 20.5 Å². The number of H-pyrrole nitrogens is 1. The maximum atomic E-state index is 4.15. The number of pyridine rings is 1. The molecule has 0 bridgehead atoms. The lowest BCUT2D eigenvalue weighted by molar-refractivity contribution is 1.11. The molecule has 0 radical (unpaired) electrons. The summed E-state index contributed by atoms with van der Waals surface area (Å²) in [5, 5.41) is 8.43. The molecule has 13 heavy (non-hydrogen) atoms. The van der Waals surface area contributed by atoms with E-state index in [1.54, 1.807) is 12.4 Å². The molecular formula is C9H6BrN3. The predicted molar refractivity (Wildman–Crippen MR) is 54.6 cm³/mol. The molecule has 3 nitrogen and oxygen atoms in total. The highest BCUT2D eigenvalue weighted by molar-refractivity contribution is 9.09. The van der Waals surface area contributed by atoms with E-state index in [9.17, 15) is 0 Å². The highest BCUT2D eigenvalue weighted by Gasteiger charge is 1.95. The van der Waals surface area contributed by atoms with Crippen molar-refractivity contribution in [2.24, 2.45) is 0 Å². The van der Waals surface area contributed by atoms with Gasteiger partial charge in [0.15, 0.2) is 0 Å². The van der Waals surface area contributed by atoms with E-state index in [4.69, 9.17) is 0 Å². The van der Waals surface area contributed by atoms with Crippen LogP contribution in [0.2, 0.25) is 0 Å². The number of aromatic amines is 1. The summed E-state index contributed by atoms with van der Waals surface area (Å²) < 4.78 is 0. The molecule has 0 saturated heterocycles. The van der Waals surface area contributed by atoms with Crippen LogP contribution >= 0.6 is 15.9 Å². The van der Waals surface area contributed by atoms with Gasteiger partial charge in [0.2, 0.25) is 0 Å². The van der Waals surface area contributed by atoms with Crippen LogP contribution in [0.25, 0.3) is 10.9 Å². The van der Waals surface area contributed by atoms with Crippen molar-refractivity contribution in [3.63, 3.8) is 0 Å². The largest absolute Gasteiger partial charge is 0.276 e. The Hall–Kier alpha value is -1.34. The van der Waals surface area contributed by atoms with E-state index in [1.165, 1.54) is 0 Å². The average molecular weight is 236 g/mol. The third-order valence-corrected chi connectivity index (χ3v) is 1.89. The summed E-state index contributed by atoms with van der Waals surface area (Å²) in [6.45, 7) is 0. The first-order chi connectivity index (χ1) is 6.40. The predicted octanol–water partition coefficient (Wildman–Crippen LogP) is 1.70. The zero-order valence-corrected chi connectivity index (χ0v) is 8.30. The van der Waals surface area contributed by atoms with Gasteiger partial charge >= 0.3 is 0 Å². The Labute approximate surface area is 83.7 Å². The second kappa shape index (κ2) is 3.58. The van der Waals surface area contributed by atoms with Gasteiger partial charge in [0.1, 0.15) is 5.69 Å². The van der Waals surface area contributed by atoms with Gasteiger partial charge in [-0.15, -0.1) is 0 Å². The Kier molecular flexibility index (Phi) is 2.28. The number of hydrogen-bond acceptors (Lipinski definition) is 2. The molecule has 0 aliphatic carbocycles. The molecule has 0 atom stereocenters. The van der Waals surface area contributed by atoms with E-state index in [0.29, 0.717) is 5.33 Å². The van der Waals surface area contributed by atoms with Gasteiger partial charge in [-0.3, -0.25) is 5.10 Å². The molecule has 0 amide bonds. The van der Waals surface area contributed by atoms with Crippen molar-refractivity contribution in [2.75, 3.05) is 5.33 Å². The van der Waals surface area contributed by atoms with Crippen LogP contribution in [0.3, 0.4) is 0 Å². The van der Waals surface area contributed by atoms with E-state index < -0.39 is 0 Å². The van der Waals surface area contributed by atoms with Crippen molar-refractivity contribution in [1.82, 2.24) is 15.2 Å². The number of hydrogen-bond donors (Lipinski definition) is 1. The summed E-state index contributed by atoms with van der Waals surface area (Å²) >= 11 is 3.23. The van der Waals surface area contributed by atoms with E-state index in [1.807, 2.05) is 6.07 Å². The molecule has 64 valence electrons. The van der Waals surface area contributed by atoms with Crippen LogP contribution in [0, 0.1) is 11.8 Å². The SMILES string of the molecule is BrCC#Cc1cc2cn[nH]c2cn1. The third kappa shape index (κ3) is 1.70. The van der Waals surface area contributed by atoms with Crippen molar-refractivity contribution in [1.29, 1.82) is 0 Å². The van der Waals surface area contributed by atoms with Gasteiger partial charge < -0.3 is 0 Å². The first kappa shape index (κ1) is 8.27. The zero-order chi connectivity index (χ0) is 9.10. The van der Waals surface area contributed by atoms with Gasteiger partial charge in [0.25, 0.3) is 0 Å². The smallest absolute Gasteiger partial charge is 0.113 e. The number of nitrogens with zero attached hydrogens (tertiary/aromatic N) is 2. The first-order valence-corrected chi connectivity index (χ1v) is 4.86. The molecule has 2 heterocycles. The standard InChI is InChI=1S/C9H6BrN3/c10-3-1-2-8-4-7-5-12-13-9(7)6-11-8/h4-6H,3H2,(H,12,13). The molecule has 2 aromatic rings. The fourth-order valence-electron chi connectivity index (χ4n) is 1.03. The number of halogens is 1. The van der Waals surface area contributed by atoms with Crippen LogP contribution in [-0.2, 0) is 0 Å². The summed E-state index contributed by atoms with van der Waals surface area (Å²) in [4.78, 5) is 4.15. The molecule has 4 heteroatoms. The van der Waals surface area contributed by atoms with Gasteiger partial charge in [-0.2, -0.15) is 5.10 Å². The van der Waals surface area contributed by atoms with Crippen LogP contribution < -0.4 is 0 Å². The number of nitrogens with one attached hydrogen (secondary N) is 1. The summed E-state index contributed by atoms with van der Waals surface area (Å²) in [5.74, 6) is 5.82. The fourth-order valence-corrected chi connectivity index (χ4v) is 1.18. The molecular weight excluding hydrogens is 230 g/mol. The van der Waals surface area contributed by atoms with Crippen LogP contribution in [0.5, 0.6) is 0 Å².